The van der Waals surface area contributed by atoms with E-state index < -0.39 is 30.2 Å². The topological polar surface area (TPSA) is 137 Å². The Labute approximate surface area is 96.4 Å². The zero-order valence-corrected chi connectivity index (χ0v) is 8.93. The molecule has 2 heterocycles. The van der Waals surface area contributed by atoms with Gasteiger partial charge in [-0.3, -0.25) is 4.57 Å². The van der Waals surface area contributed by atoms with Crippen molar-refractivity contribution in [2.75, 3.05) is 12.3 Å². The van der Waals surface area contributed by atoms with E-state index in [0.717, 1.165) is 4.57 Å². The van der Waals surface area contributed by atoms with Crippen molar-refractivity contribution < 1.29 is 14.9 Å². The van der Waals surface area contributed by atoms with Crippen LogP contribution >= 0.6 is 0 Å². The van der Waals surface area contributed by atoms with Gasteiger partial charge in [0.1, 0.15) is 18.0 Å². The van der Waals surface area contributed by atoms with Gasteiger partial charge < -0.3 is 26.4 Å². The van der Waals surface area contributed by atoms with Crippen LogP contribution in [-0.4, -0.2) is 44.6 Å². The van der Waals surface area contributed by atoms with Gasteiger partial charge in [0.15, 0.2) is 6.23 Å². The molecule has 8 nitrogen and oxygen atoms in total. The molecule has 94 valence electrons. The largest absolute Gasteiger partial charge is 0.394 e. The Morgan fingerprint density at radius 2 is 2.29 bits per heavy atom. The van der Waals surface area contributed by atoms with Crippen molar-refractivity contribution in [3.63, 3.8) is 0 Å². The van der Waals surface area contributed by atoms with Crippen molar-refractivity contribution in [2.45, 2.75) is 24.5 Å². The van der Waals surface area contributed by atoms with Crippen LogP contribution in [0.2, 0.25) is 0 Å². The third kappa shape index (κ3) is 2.03. The number of aliphatic hydroxyl groups excluding tert-OH is 2. The molecule has 0 aromatic carbocycles. The fraction of sp³-hybridized carbons (Fsp3) is 0.556. The molecule has 6 N–H and O–H groups in total. The van der Waals surface area contributed by atoms with Crippen LogP contribution in [0.25, 0.3) is 0 Å². The Morgan fingerprint density at radius 3 is 2.82 bits per heavy atom. The van der Waals surface area contributed by atoms with Gasteiger partial charge in [-0.25, -0.2) is 4.79 Å². The number of hydrogen-bond acceptors (Lipinski definition) is 7. The number of hydrogen-bond donors (Lipinski definition) is 4. The van der Waals surface area contributed by atoms with E-state index >= 15 is 0 Å². The van der Waals surface area contributed by atoms with E-state index in [1.807, 2.05) is 0 Å². The molecule has 0 amide bonds. The first-order chi connectivity index (χ1) is 8.04. The summed E-state index contributed by atoms with van der Waals surface area (Å²) < 4.78 is 6.39. The van der Waals surface area contributed by atoms with Crippen LogP contribution in [0.5, 0.6) is 0 Å². The van der Waals surface area contributed by atoms with Gasteiger partial charge in [0.05, 0.1) is 12.6 Å². The predicted molar refractivity (Wildman–Crippen MR) is 57.9 cm³/mol. The van der Waals surface area contributed by atoms with Crippen LogP contribution in [0, 0.1) is 0 Å². The molecule has 1 aliphatic rings. The quantitative estimate of drug-likeness (QED) is 0.446. The summed E-state index contributed by atoms with van der Waals surface area (Å²) in [7, 11) is 0. The fourth-order valence-electron chi connectivity index (χ4n) is 1.77. The van der Waals surface area contributed by atoms with Crippen molar-refractivity contribution in [2.24, 2.45) is 5.73 Å². The van der Waals surface area contributed by atoms with Gasteiger partial charge in [-0.2, -0.15) is 4.98 Å². The van der Waals surface area contributed by atoms with Gasteiger partial charge in [0.25, 0.3) is 0 Å². The lowest BCUT2D eigenvalue weighted by Crippen LogP contribution is -2.42. The predicted octanol–water partition coefficient (Wildman–Crippen LogP) is -2.60. The minimum absolute atomic E-state index is 0.0849. The normalized spacial score (nSPS) is 32.9. The SMILES string of the molecule is Nc1ccn([C@@H]2O[C@H](CO)C(N)[C@@H]2O)c(=O)n1. The summed E-state index contributed by atoms with van der Waals surface area (Å²) in [5.41, 5.74) is 10.4. The van der Waals surface area contributed by atoms with E-state index in [1.165, 1.54) is 12.3 Å². The summed E-state index contributed by atoms with van der Waals surface area (Å²) >= 11 is 0. The first kappa shape index (κ1) is 12.0. The van der Waals surface area contributed by atoms with E-state index in [1.54, 1.807) is 0 Å². The first-order valence-electron chi connectivity index (χ1n) is 5.09. The van der Waals surface area contributed by atoms with E-state index in [9.17, 15) is 9.90 Å². The van der Waals surface area contributed by atoms with E-state index in [4.69, 9.17) is 21.3 Å². The van der Waals surface area contributed by atoms with Crippen LogP contribution in [0.15, 0.2) is 17.1 Å². The van der Waals surface area contributed by atoms with Crippen LogP contribution in [0.4, 0.5) is 5.82 Å². The van der Waals surface area contributed by atoms with Gasteiger partial charge in [-0.15, -0.1) is 0 Å². The number of anilines is 1. The molecule has 17 heavy (non-hydrogen) atoms. The minimum atomic E-state index is -1.09. The molecule has 0 radical (unpaired) electrons. The second-order valence-corrected chi connectivity index (χ2v) is 3.86. The lowest BCUT2D eigenvalue weighted by molar-refractivity contribution is -0.0531. The highest BCUT2D eigenvalue weighted by Gasteiger charge is 2.42. The number of aliphatic hydroxyl groups is 2. The van der Waals surface area contributed by atoms with Crippen molar-refractivity contribution in [1.82, 2.24) is 9.55 Å². The second-order valence-electron chi connectivity index (χ2n) is 3.86. The molecule has 0 spiro atoms. The molecule has 1 unspecified atom stereocenters. The minimum Gasteiger partial charge on any atom is -0.394 e. The van der Waals surface area contributed by atoms with Crippen molar-refractivity contribution in [3.8, 4) is 0 Å². The monoisotopic (exact) mass is 242 g/mol. The summed E-state index contributed by atoms with van der Waals surface area (Å²) in [6.45, 7) is -0.328. The Hall–Kier alpha value is -1.48. The van der Waals surface area contributed by atoms with Gasteiger partial charge >= 0.3 is 5.69 Å². The Bertz CT molecular complexity index is 463. The molecule has 4 atom stereocenters. The van der Waals surface area contributed by atoms with Crippen LogP contribution in [0.3, 0.4) is 0 Å². The molecular weight excluding hydrogens is 228 g/mol. The lowest BCUT2D eigenvalue weighted by Gasteiger charge is -2.17. The molecular formula is C9H14N4O4. The maximum absolute atomic E-state index is 11.6. The van der Waals surface area contributed by atoms with Gasteiger partial charge in [0, 0.05) is 6.20 Å². The summed E-state index contributed by atoms with van der Waals surface area (Å²) in [4.78, 5) is 15.1. The summed E-state index contributed by atoms with van der Waals surface area (Å²) in [5.74, 6) is 0.0849. The molecule has 0 bridgehead atoms. The molecule has 1 aromatic rings. The molecule has 8 heteroatoms. The van der Waals surface area contributed by atoms with Gasteiger partial charge in [0.2, 0.25) is 0 Å². The Morgan fingerprint density at radius 1 is 1.59 bits per heavy atom. The number of aromatic nitrogens is 2. The fourth-order valence-corrected chi connectivity index (χ4v) is 1.77. The lowest BCUT2D eigenvalue weighted by atomic mass is 10.1. The van der Waals surface area contributed by atoms with Crippen LogP contribution < -0.4 is 17.2 Å². The van der Waals surface area contributed by atoms with Gasteiger partial charge in [-0.1, -0.05) is 0 Å². The number of nitrogens with zero attached hydrogens (tertiary/aromatic N) is 2. The zero-order chi connectivity index (χ0) is 12.6. The number of rotatable bonds is 2. The molecule has 1 aliphatic heterocycles. The highest BCUT2D eigenvalue weighted by Crippen LogP contribution is 2.26. The third-order valence-electron chi connectivity index (χ3n) is 2.74. The molecule has 2 rings (SSSR count). The third-order valence-corrected chi connectivity index (χ3v) is 2.74. The average molecular weight is 242 g/mol. The summed E-state index contributed by atoms with van der Waals surface area (Å²) in [6.07, 6.45) is -1.39. The number of nitrogen functional groups attached to an aromatic ring is 1. The molecule has 0 saturated carbocycles. The summed E-state index contributed by atoms with van der Waals surface area (Å²) in [6, 6.07) is 0.657. The Balaban J connectivity index is 2.32. The van der Waals surface area contributed by atoms with Crippen molar-refractivity contribution in [1.29, 1.82) is 0 Å². The first-order valence-corrected chi connectivity index (χ1v) is 5.09. The maximum Gasteiger partial charge on any atom is 0.351 e. The average Bonchev–Trinajstić information content (AvgIpc) is 2.57. The smallest absolute Gasteiger partial charge is 0.351 e. The zero-order valence-electron chi connectivity index (χ0n) is 8.93. The molecule has 1 saturated heterocycles. The highest BCUT2D eigenvalue weighted by molar-refractivity contribution is 5.23. The summed E-state index contributed by atoms with van der Waals surface area (Å²) in [5, 5.41) is 18.8. The van der Waals surface area contributed by atoms with Crippen LogP contribution in [0.1, 0.15) is 6.23 Å². The van der Waals surface area contributed by atoms with E-state index in [2.05, 4.69) is 4.98 Å². The van der Waals surface area contributed by atoms with Crippen molar-refractivity contribution >= 4 is 5.82 Å². The molecule has 1 fully saturated rings. The molecule has 1 aromatic heterocycles. The van der Waals surface area contributed by atoms with Crippen LogP contribution in [-0.2, 0) is 4.74 Å². The van der Waals surface area contributed by atoms with Gasteiger partial charge in [-0.05, 0) is 6.07 Å². The number of nitrogens with two attached hydrogens (primary N) is 2. The second kappa shape index (κ2) is 4.41. The van der Waals surface area contributed by atoms with E-state index in [0.29, 0.717) is 0 Å². The molecule has 0 aliphatic carbocycles. The number of ether oxygens (including phenoxy) is 1. The Kier molecular flexibility index (Phi) is 3.11. The van der Waals surface area contributed by atoms with Crippen molar-refractivity contribution in [3.05, 3.63) is 22.7 Å². The van der Waals surface area contributed by atoms with E-state index in [-0.39, 0.29) is 12.4 Å². The standard InChI is InChI=1S/C9H14N4O4/c10-5-1-2-13(9(16)12-5)8-7(15)6(11)4(3-14)17-8/h1-2,4,6-8,14-15H,3,11H2,(H2,10,12,16)/t4-,6?,7+,8-/m1/s1. The maximum atomic E-state index is 11.6. The highest BCUT2D eigenvalue weighted by atomic mass is 16.5.